The molecule has 0 atom stereocenters. The van der Waals surface area contributed by atoms with Crippen molar-refractivity contribution < 1.29 is 13.2 Å². The highest BCUT2D eigenvalue weighted by molar-refractivity contribution is 7.90. The molecule has 3 aromatic rings. The number of aromatic amines is 1. The number of sulfone groups is 1. The predicted molar refractivity (Wildman–Crippen MR) is 81.5 cm³/mol. The number of fused-ring (bicyclic) bond motifs is 1. The first kappa shape index (κ1) is 13.8. The van der Waals surface area contributed by atoms with Crippen molar-refractivity contribution in [2.24, 2.45) is 0 Å². The highest BCUT2D eigenvalue weighted by atomic mass is 32.2. The molecule has 1 aromatic carbocycles. The number of amides is 1. The number of carbonyl (C=O) groups is 1. The van der Waals surface area contributed by atoms with Crippen LogP contribution in [-0.2, 0) is 9.84 Å². The molecule has 0 radical (unpaired) electrons. The van der Waals surface area contributed by atoms with Gasteiger partial charge in [0.15, 0.2) is 9.84 Å². The number of thiophene rings is 1. The van der Waals surface area contributed by atoms with Crippen LogP contribution in [0.5, 0.6) is 0 Å². The molecule has 6 nitrogen and oxygen atoms in total. The Morgan fingerprint density at radius 1 is 1.24 bits per heavy atom. The molecule has 0 aliphatic rings. The molecule has 3 rings (SSSR count). The van der Waals surface area contributed by atoms with Crippen molar-refractivity contribution in [2.45, 2.75) is 4.90 Å². The second kappa shape index (κ2) is 4.97. The smallest absolute Gasteiger partial charge is 0.256 e. The fourth-order valence-electron chi connectivity index (χ4n) is 1.88. The largest absolute Gasteiger partial charge is 0.306 e. The van der Waals surface area contributed by atoms with E-state index in [1.807, 2.05) is 11.4 Å². The van der Waals surface area contributed by atoms with Gasteiger partial charge in [-0.1, -0.05) is 0 Å². The van der Waals surface area contributed by atoms with Crippen molar-refractivity contribution in [3.8, 4) is 0 Å². The van der Waals surface area contributed by atoms with Crippen LogP contribution in [0.2, 0.25) is 0 Å². The monoisotopic (exact) mass is 321 g/mol. The van der Waals surface area contributed by atoms with Crippen LogP contribution < -0.4 is 5.32 Å². The molecule has 0 spiro atoms. The van der Waals surface area contributed by atoms with Gasteiger partial charge in [-0.15, -0.1) is 11.3 Å². The number of H-pyrrole nitrogens is 1. The predicted octanol–water partition coefficient (Wildman–Crippen LogP) is 2.28. The van der Waals surface area contributed by atoms with E-state index in [9.17, 15) is 13.2 Å². The summed E-state index contributed by atoms with van der Waals surface area (Å²) in [7, 11) is -3.26. The highest BCUT2D eigenvalue weighted by Gasteiger charge is 2.13. The zero-order valence-electron chi connectivity index (χ0n) is 11.0. The fourth-order valence-corrected chi connectivity index (χ4v) is 3.24. The Morgan fingerprint density at radius 2 is 1.95 bits per heavy atom. The minimum atomic E-state index is -3.26. The number of benzene rings is 1. The first-order chi connectivity index (χ1) is 9.95. The van der Waals surface area contributed by atoms with Gasteiger partial charge in [-0.3, -0.25) is 9.89 Å². The molecule has 108 valence electrons. The molecule has 0 bridgehead atoms. The SMILES string of the molecule is CS(=O)(=O)c1ccc(C(=O)Nc2[nH]nc3sccc23)cc1. The van der Waals surface area contributed by atoms with Gasteiger partial charge >= 0.3 is 0 Å². The second-order valence-corrected chi connectivity index (χ2v) is 7.40. The fraction of sp³-hybridized carbons (Fsp3) is 0.0769. The number of aromatic nitrogens is 2. The minimum Gasteiger partial charge on any atom is -0.306 e. The number of rotatable bonds is 3. The van der Waals surface area contributed by atoms with E-state index in [0.717, 1.165) is 16.5 Å². The third-order valence-electron chi connectivity index (χ3n) is 2.97. The van der Waals surface area contributed by atoms with E-state index in [2.05, 4.69) is 15.5 Å². The Morgan fingerprint density at radius 3 is 2.62 bits per heavy atom. The second-order valence-electron chi connectivity index (χ2n) is 4.49. The quantitative estimate of drug-likeness (QED) is 0.774. The normalized spacial score (nSPS) is 11.7. The zero-order chi connectivity index (χ0) is 15.0. The van der Waals surface area contributed by atoms with Gasteiger partial charge in [0, 0.05) is 11.8 Å². The van der Waals surface area contributed by atoms with Gasteiger partial charge in [0.25, 0.3) is 5.91 Å². The van der Waals surface area contributed by atoms with Crippen LogP contribution in [0.15, 0.2) is 40.6 Å². The summed E-state index contributed by atoms with van der Waals surface area (Å²) in [4.78, 5) is 13.1. The summed E-state index contributed by atoms with van der Waals surface area (Å²) in [5, 5.41) is 12.3. The number of anilines is 1. The van der Waals surface area contributed by atoms with Crippen molar-refractivity contribution in [1.82, 2.24) is 10.2 Å². The van der Waals surface area contributed by atoms with Crippen LogP contribution in [0.4, 0.5) is 5.82 Å². The van der Waals surface area contributed by atoms with Gasteiger partial charge in [-0.05, 0) is 35.7 Å². The van der Waals surface area contributed by atoms with Gasteiger partial charge in [-0.2, -0.15) is 5.10 Å². The van der Waals surface area contributed by atoms with Crippen LogP contribution in [0, 0.1) is 0 Å². The third kappa shape index (κ3) is 2.67. The molecule has 2 aromatic heterocycles. The number of nitrogens with one attached hydrogen (secondary N) is 2. The first-order valence-electron chi connectivity index (χ1n) is 5.98. The average molecular weight is 321 g/mol. The van der Waals surface area contributed by atoms with Gasteiger partial charge < -0.3 is 5.32 Å². The molecule has 2 heterocycles. The van der Waals surface area contributed by atoms with Crippen LogP contribution in [0.3, 0.4) is 0 Å². The molecule has 21 heavy (non-hydrogen) atoms. The van der Waals surface area contributed by atoms with E-state index >= 15 is 0 Å². The number of carbonyl (C=O) groups excluding carboxylic acids is 1. The Balaban J connectivity index is 1.84. The summed E-state index contributed by atoms with van der Waals surface area (Å²) >= 11 is 1.48. The zero-order valence-corrected chi connectivity index (χ0v) is 12.6. The maximum absolute atomic E-state index is 12.1. The molecule has 0 unspecified atom stereocenters. The maximum atomic E-state index is 12.1. The van der Waals surface area contributed by atoms with E-state index in [0.29, 0.717) is 11.4 Å². The number of nitrogens with zero attached hydrogens (tertiary/aromatic N) is 1. The lowest BCUT2D eigenvalue weighted by atomic mass is 10.2. The van der Waals surface area contributed by atoms with Crippen molar-refractivity contribution in [1.29, 1.82) is 0 Å². The summed E-state index contributed by atoms with van der Waals surface area (Å²) < 4.78 is 22.7. The van der Waals surface area contributed by atoms with Crippen LogP contribution in [0.1, 0.15) is 10.4 Å². The van der Waals surface area contributed by atoms with Crippen LogP contribution >= 0.6 is 11.3 Å². The highest BCUT2D eigenvalue weighted by Crippen LogP contribution is 2.25. The van der Waals surface area contributed by atoms with Crippen LogP contribution in [-0.4, -0.2) is 30.8 Å². The molecule has 0 aliphatic heterocycles. The van der Waals surface area contributed by atoms with Crippen molar-refractivity contribution >= 4 is 43.1 Å². The summed E-state index contributed by atoms with van der Waals surface area (Å²) in [6.07, 6.45) is 1.12. The lowest BCUT2D eigenvalue weighted by molar-refractivity contribution is 0.102. The van der Waals surface area contributed by atoms with E-state index in [-0.39, 0.29) is 10.8 Å². The lowest BCUT2D eigenvalue weighted by Gasteiger charge is -2.04. The summed E-state index contributed by atoms with van der Waals surface area (Å²) in [6, 6.07) is 7.65. The molecule has 0 saturated heterocycles. The topological polar surface area (TPSA) is 91.9 Å². The average Bonchev–Trinajstić information content (AvgIpc) is 3.03. The molecule has 0 fully saturated rings. The molecular weight excluding hydrogens is 310 g/mol. The number of hydrogen-bond donors (Lipinski definition) is 2. The lowest BCUT2D eigenvalue weighted by Crippen LogP contribution is -2.12. The Labute approximate surface area is 124 Å². The molecular formula is C13H11N3O3S2. The molecule has 8 heteroatoms. The summed E-state index contributed by atoms with van der Waals surface area (Å²) in [6.45, 7) is 0. The maximum Gasteiger partial charge on any atom is 0.256 e. The van der Waals surface area contributed by atoms with Crippen molar-refractivity contribution in [3.05, 3.63) is 41.3 Å². The van der Waals surface area contributed by atoms with E-state index in [1.54, 1.807) is 0 Å². The molecule has 1 amide bonds. The molecule has 0 saturated carbocycles. The minimum absolute atomic E-state index is 0.181. The summed E-state index contributed by atoms with van der Waals surface area (Å²) in [5.41, 5.74) is 0.375. The van der Waals surface area contributed by atoms with E-state index in [1.165, 1.54) is 35.6 Å². The molecule has 2 N–H and O–H groups in total. The van der Waals surface area contributed by atoms with E-state index in [4.69, 9.17) is 0 Å². The van der Waals surface area contributed by atoms with Gasteiger partial charge in [0.2, 0.25) is 0 Å². The molecule has 0 aliphatic carbocycles. The van der Waals surface area contributed by atoms with E-state index < -0.39 is 9.84 Å². The summed E-state index contributed by atoms with van der Waals surface area (Å²) in [5.74, 6) is 0.204. The standard InChI is InChI=1S/C13H11N3O3S2/c1-21(18,19)9-4-2-8(3-5-9)12(17)14-11-10-6-7-20-13(10)16-15-11/h2-7H,1H3,(H2,14,15,16,17). The Kier molecular flexibility index (Phi) is 3.26. The van der Waals surface area contributed by atoms with Crippen molar-refractivity contribution in [2.75, 3.05) is 11.6 Å². The Bertz CT molecular complexity index is 908. The number of hydrogen-bond acceptors (Lipinski definition) is 5. The first-order valence-corrected chi connectivity index (χ1v) is 8.75. The van der Waals surface area contributed by atoms with Crippen LogP contribution in [0.25, 0.3) is 10.2 Å². The van der Waals surface area contributed by atoms with Gasteiger partial charge in [0.1, 0.15) is 10.6 Å². The van der Waals surface area contributed by atoms with Gasteiger partial charge in [0.05, 0.1) is 10.3 Å². The van der Waals surface area contributed by atoms with Crippen molar-refractivity contribution in [3.63, 3.8) is 0 Å². The Hall–Kier alpha value is -2.19. The van der Waals surface area contributed by atoms with Gasteiger partial charge in [-0.25, -0.2) is 8.42 Å². The third-order valence-corrected chi connectivity index (χ3v) is 4.90.